The zero-order valence-electron chi connectivity index (χ0n) is 21.3. The third kappa shape index (κ3) is 4.68. The lowest BCUT2D eigenvalue weighted by atomic mass is 10.0. The zero-order chi connectivity index (χ0) is 27.9. The van der Waals surface area contributed by atoms with Gasteiger partial charge in [0.2, 0.25) is 11.8 Å². The van der Waals surface area contributed by atoms with Crippen LogP contribution in [-0.4, -0.2) is 48.1 Å². The SMILES string of the molecule is NC(=O)C1(C(=O)N(c2ccc(F)cc2)c2ccc(Oc3ccnc4cc(N5CCOCC5)ncc34)c(F)c2)CC1. The van der Waals surface area contributed by atoms with E-state index >= 15 is 4.39 Å². The Hall–Kier alpha value is -4.64. The number of primary amides is 1. The number of nitrogens with two attached hydrogens (primary N) is 1. The number of hydrogen-bond acceptors (Lipinski definition) is 7. The summed E-state index contributed by atoms with van der Waals surface area (Å²) in [4.78, 5) is 37.8. The number of carbonyl (C=O) groups is 2. The summed E-state index contributed by atoms with van der Waals surface area (Å²) in [5.74, 6) is -1.55. The number of amides is 2. The second kappa shape index (κ2) is 10.2. The molecule has 1 aliphatic heterocycles. The third-order valence-corrected chi connectivity index (χ3v) is 7.22. The maximum absolute atomic E-state index is 15.5. The van der Waals surface area contributed by atoms with Gasteiger partial charge >= 0.3 is 0 Å². The molecule has 0 atom stereocenters. The second-order valence-electron chi connectivity index (χ2n) is 9.75. The van der Waals surface area contributed by atoms with Crippen LogP contribution in [0.25, 0.3) is 10.9 Å². The van der Waals surface area contributed by atoms with E-state index in [2.05, 4.69) is 14.9 Å². The minimum absolute atomic E-state index is 0.0870. The average Bonchev–Trinajstić information content (AvgIpc) is 3.78. The molecule has 9 nitrogen and oxygen atoms in total. The Morgan fingerprint density at radius 2 is 1.68 bits per heavy atom. The molecule has 0 spiro atoms. The summed E-state index contributed by atoms with van der Waals surface area (Å²) in [6.45, 7) is 2.70. The van der Waals surface area contributed by atoms with Crippen molar-refractivity contribution in [1.82, 2.24) is 9.97 Å². The third-order valence-electron chi connectivity index (χ3n) is 7.22. The fourth-order valence-corrected chi connectivity index (χ4v) is 4.77. The van der Waals surface area contributed by atoms with Crippen LogP contribution in [0.5, 0.6) is 11.5 Å². The van der Waals surface area contributed by atoms with Crippen molar-refractivity contribution in [2.75, 3.05) is 36.1 Å². The normalized spacial score (nSPS) is 16.0. The van der Waals surface area contributed by atoms with Crippen LogP contribution >= 0.6 is 0 Å². The van der Waals surface area contributed by atoms with Crippen molar-refractivity contribution in [1.29, 1.82) is 0 Å². The summed E-state index contributed by atoms with van der Waals surface area (Å²) in [5, 5.41) is 0.600. The van der Waals surface area contributed by atoms with Gasteiger partial charge in [-0.05, 0) is 55.3 Å². The van der Waals surface area contributed by atoms with Gasteiger partial charge < -0.3 is 20.1 Å². The van der Waals surface area contributed by atoms with E-state index < -0.39 is 28.9 Å². The topological polar surface area (TPSA) is 111 Å². The van der Waals surface area contributed by atoms with Gasteiger partial charge in [0.25, 0.3) is 0 Å². The number of rotatable bonds is 7. The molecule has 0 unspecified atom stereocenters. The number of fused-ring (bicyclic) bond motifs is 1. The number of morpholine rings is 1. The summed E-state index contributed by atoms with van der Waals surface area (Å²) in [6.07, 6.45) is 3.79. The summed E-state index contributed by atoms with van der Waals surface area (Å²) < 4.78 is 40.4. The highest BCUT2D eigenvalue weighted by Crippen LogP contribution is 2.49. The molecule has 40 heavy (non-hydrogen) atoms. The summed E-state index contributed by atoms with van der Waals surface area (Å²) in [5.41, 5.74) is 5.21. The van der Waals surface area contributed by atoms with Crippen LogP contribution in [0.1, 0.15) is 12.8 Å². The number of carbonyl (C=O) groups excluding carboxylic acids is 2. The number of ether oxygens (including phenoxy) is 2. The molecule has 2 amide bonds. The van der Waals surface area contributed by atoms with Crippen molar-refractivity contribution in [3.05, 3.63) is 78.6 Å². The lowest BCUT2D eigenvalue weighted by Gasteiger charge is -2.27. The Labute approximate surface area is 228 Å². The molecular weight excluding hydrogens is 520 g/mol. The van der Waals surface area contributed by atoms with Gasteiger partial charge in [-0.2, -0.15) is 0 Å². The fraction of sp³-hybridized carbons (Fsp3) is 0.241. The number of pyridine rings is 2. The van der Waals surface area contributed by atoms with E-state index in [-0.39, 0.29) is 17.1 Å². The molecular formula is C29H25F2N5O4. The minimum atomic E-state index is -1.37. The summed E-state index contributed by atoms with van der Waals surface area (Å²) >= 11 is 0. The summed E-state index contributed by atoms with van der Waals surface area (Å²) in [6, 6.07) is 12.6. The number of benzene rings is 2. The molecule has 2 aromatic heterocycles. The highest BCUT2D eigenvalue weighted by Gasteiger charge is 2.57. The monoisotopic (exact) mass is 545 g/mol. The molecule has 3 heterocycles. The Bertz CT molecular complexity index is 1600. The lowest BCUT2D eigenvalue weighted by Crippen LogP contribution is -2.41. The smallest absolute Gasteiger partial charge is 0.247 e. The van der Waals surface area contributed by atoms with Gasteiger partial charge in [0, 0.05) is 43.3 Å². The van der Waals surface area contributed by atoms with Gasteiger partial charge in [0.1, 0.15) is 22.8 Å². The van der Waals surface area contributed by atoms with Crippen molar-refractivity contribution in [3.8, 4) is 11.5 Å². The molecule has 2 aromatic carbocycles. The van der Waals surface area contributed by atoms with Crippen molar-refractivity contribution >= 4 is 39.9 Å². The number of aromatic nitrogens is 2. The molecule has 11 heteroatoms. The molecule has 1 saturated heterocycles. The number of nitrogens with zero attached hydrogens (tertiary/aromatic N) is 4. The van der Waals surface area contributed by atoms with E-state index in [1.54, 1.807) is 18.5 Å². The van der Waals surface area contributed by atoms with E-state index in [1.165, 1.54) is 41.3 Å². The van der Waals surface area contributed by atoms with Gasteiger partial charge in [-0.3, -0.25) is 19.5 Å². The summed E-state index contributed by atoms with van der Waals surface area (Å²) in [7, 11) is 0. The standard InChI is InChI=1S/C29H25F2N5O4/c30-18-1-3-19(4-2-18)36(28(38)29(8-9-29)27(32)37)20-5-6-25(22(31)15-20)40-24-7-10-33-23-16-26(34-17-21(23)24)35-11-13-39-14-12-35/h1-7,10,15-17H,8-9,11-14H2,(H2,32,37). The Kier molecular flexibility index (Phi) is 6.51. The van der Waals surface area contributed by atoms with Crippen molar-refractivity contribution < 1.29 is 27.8 Å². The zero-order valence-corrected chi connectivity index (χ0v) is 21.3. The molecule has 2 N–H and O–H groups in total. The van der Waals surface area contributed by atoms with Crippen molar-refractivity contribution in [2.24, 2.45) is 11.1 Å². The number of halogens is 2. The van der Waals surface area contributed by atoms with E-state index in [1.807, 2.05) is 6.07 Å². The predicted molar refractivity (Wildman–Crippen MR) is 143 cm³/mol. The van der Waals surface area contributed by atoms with E-state index in [9.17, 15) is 14.0 Å². The first-order valence-corrected chi connectivity index (χ1v) is 12.8. The molecule has 4 aromatic rings. The Balaban J connectivity index is 1.31. The molecule has 0 radical (unpaired) electrons. The van der Waals surface area contributed by atoms with Crippen molar-refractivity contribution in [3.63, 3.8) is 0 Å². The van der Waals surface area contributed by atoms with E-state index in [0.29, 0.717) is 42.7 Å². The van der Waals surface area contributed by atoms with Gasteiger partial charge in [0.15, 0.2) is 11.6 Å². The lowest BCUT2D eigenvalue weighted by molar-refractivity contribution is -0.133. The molecule has 6 rings (SSSR count). The van der Waals surface area contributed by atoms with Crippen LogP contribution < -0.4 is 20.3 Å². The van der Waals surface area contributed by atoms with E-state index in [4.69, 9.17) is 15.2 Å². The highest BCUT2D eigenvalue weighted by atomic mass is 19.1. The molecule has 2 fully saturated rings. The van der Waals surface area contributed by atoms with Crippen LogP contribution in [0.2, 0.25) is 0 Å². The van der Waals surface area contributed by atoms with Gasteiger partial charge in [-0.15, -0.1) is 0 Å². The molecule has 1 aliphatic carbocycles. The van der Waals surface area contributed by atoms with Gasteiger partial charge in [-0.1, -0.05) is 0 Å². The van der Waals surface area contributed by atoms with E-state index in [0.717, 1.165) is 25.0 Å². The highest BCUT2D eigenvalue weighted by molar-refractivity contribution is 6.16. The first-order valence-electron chi connectivity index (χ1n) is 12.8. The maximum atomic E-state index is 15.5. The fourth-order valence-electron chi connectivity index (χ4n) is 4.77. The minimum Gasteiger partial charge on any atom is -0.453 e. The Morgan fingerprint density at radius 1 is 0.950 bits per heavy atom. The molecule has 1 saturated carbocycles. The van der Waals surface area contributed by atoms with Crippen LogP contribution in [0.15, 0.2) is 67.0 Å². The maximum Gasteiger partial charge on any atom is 0.247 e. The van der Waals surface area contributed by atoms with Crippen LogP contribution in [0, 0.1) is 17.0 Å². The first kappa shape index (κ1) is 25.6. The largest absolute Gasteiger partial charge is 0.453 e. The molecule has 204 valence electrons. The second-order valence-corrected chi connectivity index (χ2v) is 9.75. The number of anilines is 3. The van der Waals surface area contributed by atoms with Gasteiger partial charge in [0.05, 0.1) is 29.8 Å². The quantitative estimate of drug-likeness (QED) is 0.341. The molecule has 0 bridgehead atoms. The van der Waals surface area contributed by atoms with Crippen LogP contribution in [0.3, 0.4) is 0 Å². The van der Waals surface area contributed by atoms with Crippen LogP contribution in [0.4, 0.5) is 26.0 Å². The average molecular weight is 546 g/mol. The first-order chi connectivity index (χ1) is 19.4. The van der Waals surface area contributed by atoms with Crippen LogP contribution in [-0.2, 0) is 14.3 Å². The molecule has 2 aliphatic rings. The number of hydrogen-bond donors (Lipinski definition) is 1. The van der Waals surface area contributed by atoms with Gasteiger partial charge in [-0.25, -0.2) is 13.8 Å². The predicted octanol–water partition coefficient (Wildman–Crippen LogP) is 4.47. The Morgan fingerprint density at radius 3 is 2.35 bits per heavy atom. The van der Waals surface area contributed by atoms with Crippen molar-refractivity contribution in [2.45, 2.75) is 12.8 Å².